The topological polar surface area (TPSA) is 137 Å². The fourth-order valence-electron chi connectivity index (χ4n) is 3.55. The number of ether oxygens (including phenoxy) is 5. The molecule has 0 heterocycles. The number of carbonyl (C=O) groups excluding carboxylic acids is 2. The average Bonchev–Trinajstić information content (AvgIpc) is 2.94. The van der Waals surface area contributed by atoms with Gasteiger partial charge in [-0.2, -0.15) is 13.2 Å². The standard InChI is InChI=1S/C31H37O7S.CHF3O3S/c1-30(2,3)37-28(32)20-35-22-12-16-24(17-13-22)39(27-11-9-8-10-26(27)34-7)25-18-14-23(15-19-25)36-21-29(33)38-31(4,5)6;2-1(3,4)8(5,6)7/h8-19H,20-21H2,1-7H3;(H,5,6,7)/q+1;/p-1. The highest BCUT2D eigenvalue weighted by Crippen LogP contribution is 2.37. The Morgan fingerprint density at radius 1 is 0.702 bits per heavy atom. The van der Waals surface area contributed by atoms with Crippen molar-refractivity contribution in [3.63, 3.8) is 0 Å². The minimum atomic E-state index is -6.09. The van der Waals surface area contributed by atoms with Crippen molar-refractivity contribution in [1.29, 1.82) is 0 Å². The van der Waals surface area contributed by atoms with Crippen molar-refractivity contribution in [2.24, 2.45) is 0 Å². The molecule has 0 bridgehead atoms. The van der Waals surface area contributed by atoms with Crippen LogP contribution in [-0.2, 0) is 40.1 Å². The Bertz CT molecular complexity index is 1500. The van der Waals surface area contributed by atoms with Crippen LogP contribution in [-0.4, -0.2) is 61.9 Å². The van der Waals surface area contributed by atoms with Gasteiger partial charge in [-0.25, -0.2) is 18.0 Å². The lowest BCUT2D eigenvalue weighted by molar-refractivity contribution is -0.158. The molecule has 3 rings (SSSR count). The molecule has 0 N–H and O–H groups in total. The Labute approximate surface area is 275 Å². The van der Waals surface area contributed by atoms with E-state index in [0.717, 1.165) is 20.4 Å². The van der Waals surface area contributed by atoms with Crippen LogP contribution >= 0.6 is 0 Å². The SMILES string of the molecule is COc1ccccc1[S+](c1ccc(OCC(=O)OC(C)(C)C)cc1)c1ccc(OCC(=O)OC(C)(C)C)cc1.O=S(=O)([O-])C(F)(F)F. The van der Waals surface area contributed by atoms with Crippen LogP contribution in [0.3, 0.4) is 0 Å². The van der Waals surface area contributed by atoms with Gasteiger partial charge in [0.15, 0.2) is 38.9 Å². The Kier molecular flexibility index (Phi) is 13.6. The van der Waals surface area contributed by atoms with Gasteiger partial charge >= 0.3 is 17.4 Å². The number of hydrogen-bond acceptors (Lipinski definition) is 10. The molecule has 15 heteroatoms. The number of esters is 2. The number of halogens is 3. The molecule has 0 aliphatic rings. The number of rotatable bonds is 10. The van der Waals surface area contributed by atoms with Crippen molar-refractivity contribution in [1.82, 2.24) is 0 Å². The van der Waals surface area contributed by atoms with Gasteiger partial charge < -0.3 is 28.2 Å². The van der Waals surface area contributed by atoms with Crippen LogP contribution in [0.2, 0.25) is 0 Å². The molecule has 0 amide bonds. The van der Waals surface area contributed by atoms with E-state index in [2.05, 4.69) is 0 Å². The van der Waals surface area contributed by atoms with Crippen molar-refractivity contribution in [2.45, 2.75) is 72.9 Å². The quantitative estimate of drug-likeness (QED) is 0.103. The van der Waals surface area contributed by atoms with Crippen molar-refractivity contribution in [3.8, 4) is 17.2 Å². The lowest BCUT2D eigenvalue weighted by Crippen LogP contribution is -2.27. The molecule has 258 valence electrons. The molecular weight excluding hydrogens is 665 g/mol. The summed E-state index contributed by atoms with van der Waals surface area (Å²) < 4.78 is 86.5. The van der Waals surface area contributed by atoms with Crippen molar-refractivity contribution >= 4 is 33.0 Å². The number of para-hydroxylation sites is 1. The van der Waals surface area contributed by atoms with Crippen LogP contribution in [0.25, 0.3) is 0 Å². The molecule has 3 aromatic rings. The summed E-state index contributed by atoms with van der Waals surface area (Å²) in [5.41, 5.74) is -6.78. The fraction of sp³-hybridized carbons (Fsp3) is 0.375. The molecule has 3 aromatic carbocycles. The molecule has 0 saturated carbocycles. The Hall–Kier alpha value is -3.95. The second-order valence-corrected chi connectivity index (χ2v) is 14.9. The third-order valence-corrected chi connectivity index (χ3v) is 8.08. The monoisotopic (exact) mass is 702 g/mol. The molecule has 0 aliphatic carbocycles. The number of hydrogen-bond donors (Lipinski definition) is 0. The highest BCUT2D eigenvalue weighted by molar-refractivity contribution is 7.97. The smallest absolute Gasteiger partial charge is 0.485 e. The lowest BCUT2D eigenvalue weighted by Gasteiger charge is -2.19. The predicted octanol–water partition coefficient (Wildman–Crippen LogP) is 6.28. The fourth-order valence-corrected chi connectivity index (χ4v) is 5.71. The van der Waals surface area contributed by atoms with Crippen LogP contribution in [0.15, 0.2) is 87.5 Å². The van der Waals surface area contributed by atoms with Gasteiger partial charge in [0, 0.05) is 0 Å². The van der Waals surface area contributed by atoms with E-state index in [1.54, 1.807) is 7.11 Å². The van der Waals surface area contributed by atoms with Crippen LogP contribution in [0.5, 0.6) is 17.2 Å². The molecule has 0 atom stereocenters. The highest BCUT2D eigenvalue weighted by atomic mass is 32.2. The maximum absolute atomic E-state index is 12.0. The van der Waals surface area contributed by atoms with Gasteiger partial charge in [0.2, 0.25) is 4.90 Å². The summed E-state index contributed by atoms with van der Waals surface area (Å²) in [5, 5.41) is 0. The zero-order valence-electron chi connectivity index (χ0n) is 26.9. The van der Waals surface area contributed by atoms with Crippen molar-refractivity contribution < 1.29 is 59.4 Å². The predicted molar refractivity (Wildman–Crippen MR) is 166 cm³/mol. The molecule has 0 aliphatic heterocycles. The Morgan fingerprint density at radius 2 is 1.06 bits per heavy atom. The summed E-state index contributed by atoms with van der Waals surface area (Å²) in [6.45, 7) is 10.6. The number of alkyl halides is 3. The van der Waals surface area contributed by atoms with E-state index in [0.29, 0.717) is 11.5 Å². The molecule has 0 spiro atoms. The first-order chi connectivity index (χ1) is 21.6. The van der Waals surface area contributed by atoms with Crippen LogP contribution < -0.4 is 14.2 Å². The van der Waals surface area contributed by atoms with E-state index < -0.39 is 49.7 Å². The summed E-state index contributed by atoms with van der Waals surface area (Å²) in [5.74, 6) is 1.07. The van der Waals surface area contributed by atoms with Crippen LogP contribution in [0, 0.1) is 0 Å². The average molecular weight is 703 g/mol. The maximum atomic E-state index is 12.0. The molecule has 0 fully saturated rings. The first-order valence-corrected chi connectivity index (χ1v) is 16.5. The summed E-state index contributed by atoms with van der Waals surface area (Å²) in [4.78, 5) is 27.1. The van der Waals surface area contributed by atoms with E-state index >= 15 is 0 Å². The van der Waals surface area contributed by atoms with Crippen LogP contribution in [0.4, 0.5) is 13.2 Å². The first kappa shape index (κ1) is 39.2. The summed E-state index contributed by atoms with van der Waals surface area (Å²) in [6, 6.07) is 23.2. The summed E-state index contributed by atoms with van der Waals surface area (Å²) in [7, 11) is -4.95. The van der Waals surface area contributed by atoms with E-state index in [-0.39, 0.29) is 13.2 Å². The number of benzene rings is 3. The number of methoxy groups -OCH3 is 1. The van der Waals surface area contributed by atoms with E-state index in [4.69, 9.17) is 36.7 Å². The molecular formula is C32H37F3O10S2. The molecule has 0 saturated heterocycles. The summed E-state index contributed by atoms with van der Waals surface area (Å²) >= 11 is 0. The van der Waals surface area contributed by atoms with Gasteiger partial charge in [-0.1, -0.05) is 12.1 Å². The molecule has 0 radical (unpaired) electrons. The molecule has 47 heavy (non-hydrogen) atoms. The van der Waals surface area contributed by atoms with Gasteiger partial charge in [-0.05, 0) is 102 Å². The number of carbonyl (C=O) groups is 2. The third-order valence-electron chi connectivity index (χ3n) is 5.24. The zero-order valence-corrected chi connectivity index (χ0v) is 28.5. The van der Waals surface area contributed by atoms with E-state index in [1.165, 1.54) is 0 Å². The minimum absolute atomic E-state index is 0.167. The van der Waals surface area contributed by atoms with Gasteiger partial charge in [0.05, 0.1) is 7.11 Å². The van der Waals surface area contributed by atoms with Crippen molar-refractivity contribution in [2.75, 3.05) is 20.3 Å². The normalized spacial score (nSPS) is 12.0. The van der Waals surface area contributed by atoms with E-state index in [9.17, 15) is 22.8 Å². The van der Waals surface area contributed by atoms with Gasteiger partial charge in [-0.15, -0.1) is 0 Å². The van der Waals surface area contributed by atoms with Gasteiger partial charge in [0.25, 0.3) is 0 Å². The molecule has 0 aromatic heterocycles. The minimum Gasteiger partial charge on any atom is -0.741 e. The maximum Gasteiger partial charge on any atom is 0.485 e. The highest BCUT2D eigenvalue weighted by Gasteiger charge is 2.37. The Balaban J connectivity index is 0.000000849. The third kappa shape index (κ3) is 13.7. The molecule has 0 unspecified atom stereocenters. The first-order valence-electron chi connectivity index (χ1n) is 13.9. The van der Waals surface area contributed by atoms with E-state index in [1.807, 2.05) is 114 Å². The second-order valence-electron chi connectivity index (χ2n) is 11.5. The summed E-state index contributed by atoms with van der Waals surface area (Å²) in [6.07, 6.45) is 0. The molecule has 10 nitrogen and oxygen atoms in total. The lowest BCUT2D eigenvalue weighted by atomic mass is 10.2. The van der Waals surface area contributed by atoms with Crippen LogP contribution in [0.1, 0.15) is 41.5 Å². The Morgan fingerprint density at radius 3 is 1.38 bits per heavy atom. The second kappa shape index (κ2) is 16.2. The van der Waals surface area contributed by atoms with Gasteiger partial charge in [0.1, 0.15) is 33.6 Å². The zero-order chi connectivity index (χ0) is 35.6. The van der Waals surface area contributed by atoms with Gasteiger partial charge in [-0.3, -0.25) is 0 Å². The van der Waals surface area contributed by atoms with Crippen molar-refractivity contribution in [3.05, 3.63) is 72.8 Å². The largest absolute Gasteiger partial charge is 0.741 e.